The zero-order chi connectivity index (χ0) is 57.8. The highest BCUT2D eigenvalue weighted by atomic mass is 16.6. The van der Waals surface area contributed by atoms with Gasteiger partial charge in [-0.15, -0.1) is 0 Å². The van der Waals surface area contributed by atoms with Crippen LogP contribution in [0.25, 0.3) is 0 Å². The predicted octanol–water partition coefficient (Wildman–Crippen LogP) is 24.3. The van der Waals surface area contributed by atoms with Crippen LogP contribution in [-0.2, 0) is 28.6 Å². The molecule has 0 N–H and O–H groups in total. The fraction of sp³-hybridized carbons (Fsp3) is 0.824. The van der Waals surface area contributed by atoms with Crippen LogP contribution in [0.1, 0.15) is 374 Å². The molecular weight excluding hydrogens is 985 g/mol. The monoisotopic (exact) mass is 1120 g/mol. The van der Waals surface area contributed by atoms with Gasteiger partial charge in [-0.2, -0.15) is 0 Å². The first kappa shape index (κ1) is 77.1. The van der Waals surface area contributed by atoms with E-state index in [1.54, 1.807) is 0 Å². The summed E-state index contributed by atoms with van der Waals surface area (Å²) >= 11 is 0. The first-order chi connectivity index (χ1) is 39.5. The van der Waals surface area contributed by atoms with Crippen LogP contribution < -0.4 is 0 Å². The summed E-state index contributed by atoms with van der Waals surface area (Å²) in [6, 6.07) is 0. The molecule has 0 aromatic carbocycles. The Balaban J connectivity index is 4.17. The average molecular weight is 1120 g/mol. The van der Waals surface area contributed by atoms with Gasteiger partial charge in [0.15, 0.2) is 6.10 Å². The van der Waals surface area contributed by atoms with Crippen molar-refractivity contribution in [3.8, 4) is 0 Å². The zero-order valence-corrected chi connectivity index (χ0v) is 53.6. The molecule has 0 aromatic rings. The molecule has 0 amide bonds. The lowest BCUT2D eigenvalue weighted by Gasteiger charge is -2.18. The van der Waals surface area contributed by atoms with E-state index < -0.39 is 6.10 Å². The van der Waals surface area contributed by atoms with Crippen molar-refractivity contribution < 1.29 is 28.6 Å². The maximum Gasteiger partial charge on any atom is 0.306 e. The molecule has 0 aliphatic carbocycles. The molecule has 0 heterocycles. The van der Waals surface area contributed by atoms with Crippen molar-refractivity contribution in [2.75, 3.05) is 13.2 Å². The Kier molecular flexibility index (Phi) is 66.1. The third-order valence-electron chi connectivity index (χ3n) is 15.7. The smallest absolute Gasteiger partial charge is 0.306 e. The Morgan fingerprint density at radius 1 is 0.263 bits per heavy atom. The van der Waals surface area contributed by atoms with Crippen molar-refractivity contribution in [1.29, 1.82) is 0 Å². The molecule has 0 fully saturated rings. The Morgan fingerprint density at radius 3 is 0.787 bits per heavy atom. The summed E-state index contributed by atoms with van der Waals surface area (Å²) in [7, 11) is 0. The molecule has 0 radical (unpaired) electrons. The fourth-order valence-electron chi connectivity index (χ4n) is 10.5. The van der Waals surface area contributed by atoms with E-state index in [2.05, 4.69) is 81.5 Å². The van der Waals surface area contributed by atoms with Crippen molar-refractivity contribution in [3.05, 3.63) is 60.8 Å². The molecule has 0 aliphatic heterocycles. The van der Waals surface area contributed by atoms with Gasteiger partial charge in [-0.25, -0.2) is 0 Å². The van der Waals surface area contributed by atoms with E-state index in [0.29, 0.717) is 19.3 Å². The van der Waals surface area contributed by atoms with Gasteiger partial charge in [0.05, 0.1) is 0 Å². The minimum Gasteiger partial charge on any atom is -0.462 e. The lowest BCUT2D eigenvalue weighted by molar-refractivity contribution is -0.167. The van der Waals surface area contributed by atoms with E-state index in [1.807, 2.05) is 0 Å². The van der Waals surface area contributed by atoms with Crippen LogP contribution in [0.5, 0.6) is 0 Å². The third kappa shape index (κ3) is 65.9. The Bertz CT molecular complexity index is 1430. The first-order valence-electron chi connectivity index (χ1n) is 35.3. The second-order valence-corrected chi connectivity index (χ2v) is 23.8. The van der Waals surface area contributed by atoms with E-state index >= 15 is 0 Å². The predicted molar refractivity (Wildman–Crippen MR) is 348 cm³/mol. The standard InChI is InChI=1S/C74H134O6/c1-4-7-10-13-16-19-22-25-27-29-31-32-33-34-35-36-37-38-39-40-41-42-43-45-46-49-52-55-58-61-64-67-73(76)79-70-71(69-78-72(75)66-63-60-57-54-51-48-24-21-18-15-12-9-6-3)80-74(77)68-65-62-59-56-53-50-47-44-30-28-26-23-20-17-14-11-8-5-2/h9,12,18,21,28-31,48,51,71H,4-8,10-11,13-17,19-20,22-27,32-47,49-50,52-70H2,1-3H3/b12-9-,21-18-,30-28-,31-29-,51-48-. The Labute approximate surface area is 498 Å². The van der Waals surface area contributed by atoms with E-state index in [0.717, 1.165) is 83.5 Å². The molecule has 0 saturated heterocycles. The molecule has 0 rings (SSSR count). The molecular formula is C74H134O6. The summed E-state index contributed by atoms with van der Waals surface area (Å²) in [5.41, 5.74) is 0. The molecule has 6 heteroatoms. The minimum absolute atomic E-state index is 0.0822. The number of carbonyl (C=O) groups excluding carboxylic acids is 3. The molecule has 0 aliphatic rings. The highest BCUT2D eigenvalue weighted by molar-refractivity contribution is 5.71. The lowest BCUT2D eigenvalue weighted by Crippen LogP contribution is -2.30. The SMILES string of the molecule is CC/C=C\C/C=C\C/C=C\CCCCCC(=O)OCC(COC(=O)CCCCCCCCCCCCCCCCCCCCC/C=C\CCCCCCCCCC)OC(=O)CCCCCCCCC/C=C\CCCCCCCCC. The molecule has 80 heavy (non-hydrogen) atoms. The van der Waals surface area contributed by atoms with Crippen LogP contribution in [0.2, 0.25) is 0 Å². The number of esters is 3. The quantitative estimate of drug-likeness (QED) is 0.0261. The van der Waals surface area contributed by atoms with E-state index in [4.69, 9.17) is 14.2 Å². The second kappa shape index (κ2) is 68.6. The summed E-state index contributed by atoms with van der Waals surface area (Å²) in [5.74, 6) is -0.897. The number of hydrogen-bond donors (Lipinski definition) is 0. The maximum absolute atomic E-state index is 12.9. The van der Waals surface area contributed by atoms with Gasteiger partial charge in [-0.05, 0) is 103 Å². The van der Waals surface area contributed by atoms with Gasteiger partial charge in [0, 0.05) is 19.3 Å². The zero-order valence-electron chi connectivity index (χ0n) is 53.6. The van der Waals surface area contributed by atoms with Gasteiger partial charge in [-0.1, -0.05) is 313 Å². The number of unbranched alkanes of at least 4 members (excludes halogenated alkanes) is 44. The summed E-state index contributed by atoms with van der Waals surface area (Å²) < 4.78 is 16.9. The molecule has 0 bridgehead atoms. The van der Waals surface area contributed by atoms with Crippen molar-refractivity contribution in [1.82, 2.24) is 0 Å². The van der Waals surface area contributed by atoms with Crippen molar-refractivity contribution in [2.45, 2.75) is 380 Å². The molecule has 1 unspecified atom stereocenters. The van der Waals surface area contributed by atoms with Crippen molar-refractivity contribution in [2.24, 2.45) is 0 Å². The Morgan fingerprint density at radius 2 is 0.487 bits per heavy atom. The Hall–Kier alpha value is -2.89. The molecule has 1 atom stereocenters. The molecule has 0 aromatic heterocycles. The number of rotatable bonds is 65. The minimum atomic E-state index is -0.788. The van der Waals surface area contributed by atoms with Crippen molar-refractivity contribution >= 4 is 17.9 Å². The van der Waals surface area contributed by atoms with Crippen molar-refractivity contribution in [3.63, 3.8) is 0 Å². The summed E-state index contributed by atoms with van der Waals surface area (Å²) in [4.78, 5) is 38.3. The molecule has 0 spiro atoms. The summed E-state index contributed by atoms with van der Waals surface area (Å²) in [5, 5.41) is 0. The van der Waals surface area contributed by atoms with Gasteiger partial charge in [0.1, 0.15) is 13.2 Å². The van der Waals surface area contributed by atoms with Crippen LogP contribution >= 0.6 is 0 Å². The second-order valence-electron chi connectivity index (χ2n) is 23.8. The van der Waals surface area contributed by atoms with Gasteiger partial charge in [0.25, 0.3) is 0 Å². The fourth-order valence-corrected chi connectivity index (χ4v) is 10.5. The van der Waals surface area contributed by atoms with Crippen LogP contribution in [-0.4, -0.2) is 37.2 Å². The van der Waals surface area contributed by atoms with Crippen LogP contribution in [0, 0.1) is 0 Å². The number of ether oxygens (including phenoxy) is 3. The molecule has 0 saturated carbocycles. The summed E-state index contributed by atoms with van der Waals surface area (Å²) in [6.07, 6.45) is 88.4. The molecule has 6 nitrogen and oxygen atoms in total. The van der Waals surface area contributed by atoms with Gasteiger partial charge < -0.3 is 14.2 Å². The highest BCUT2D eigenvalue weighted by Gasteiger charge is 2.19. The third-order valence-corrected chi connectivity index (χ3v) is 15.7. The van der Waals surface area contributed by atoms with Gasteiger partial charge >= 0.3 is 17.9 Å². The number of carbonyl (C=O) groups is 3. The summed E-state index contributed by atoms with van der Waals surface area (Å²) in [6.45, 7) is 6.55. The largest absolute Gasteiger partial charge is 0.462 e. The van der Waals surface area contributed by atoms with Crippen LogP contribution in [0.4, 0.5) is 0 Å². The number of allylic oxidation sites excluding steroid dienone is 10. The molecule has 466 valence electrons. The van der Waals surface area contributed by atoms with Crippen LogP contribution in [0.3, 0.4) is 0 Å². The average Bonchev–Trinajstić information content (AvgIpc) is 3.46. The van der Waals surface area contributed by atoms with Crippen LogP contribution in [0.15, 0.2) is 60.8 Å². The van der Waals surface area contributed by atoms with E-state index in [1.165, 1.54) is 250 Å². The lowest BCUT2D eigenvalue weighted by atomic mass is 10.0. The maximum atomic E-state index is 12.9. The highest BCUT2D eigenvalue weighted by Crippen LogP contribution is 2.18. The number of hydrogen-bond acceptors (Lipinski definition) is 6. The van der Waals surface area contributed by atoms with Gasteiger partial charge in [-0.3, -0.25) is 14.4 Å². The normalized spacial score (nSPS) is 12.4. The van der Waals surface area contributed by atoms with E-state index in [-0.39, 0.29) is 31.1 Å². The topological polar surface area (TPSA) is 78.9 Å². The van der Waals surface area contributed by atoms with E-state index in [9.17, 15) is 14.4 Å². The first-order valence-corrected chi connectivity index (χ1v) is 35.3. The van der Waals surface area contributed by atoms with Gasteiger partial charge in [0.2, 0.25) is 0 Å².